The molecule has 142 valence electrons. The summed E-state index contributed by atoms with van der Waals surface area (Å²) in [5.41, 5.74) is 2.73. The lowest BCUT2D eigenvalue weighted by Crippen LogP contribution is -2.15. The van der Waals surface area contributed by atoms with Crippen LogP contribution in [0.5, 0.6) is 17.4 Å². The van der Waals surface area contributed by atoms with Gasteiger partial charge in [0.25, 0.3) is 0 Å². The van der Waals surface area contributed by atoms with E-state index in [1.165, 1.54) is 6.92 Å². The van der Waals surface area contributed by atoms with Crippen molar-refractivity contribution in [3.63, 3.8) is 0 Å². The second-order valence-electron chi connectivity index (χ2n) is 6.60. The number of ether oxygens (including phenoxy) is 2. The number of hydrogen-bond acceptors (Lipinski definition) is 4. The Hall–Kier alpha value is -3.05. The average Bonchev–Trinajstić information content (AvgIpc) is 2.69. The summed E-state index contributed by atoms with van der Waals surface area (Å²) < 4.78 is 12.0. The first-order valence-corrected chi connectivity index (χ1v) is 9.42. The lowest BCUT2D eigenvalue weighted by atomic mass is 9.97. The lowest BCUT2D eigenvalue weighted by Gasteiger charge is -2.27. The van der Waals surface area contributed by atoms with Gasteiger partial charge in [-0.25, -0.2) is 4.98 Å². The first kappa shape index (κ1) is 18.3. The third kappa shape index (κ3) is 4.10. The molecule has 28 heavy (non-hydrogen) atoms. The number of carbonyl (C=O) groups is 1. The van der Waals surface area contributed by atoms with Crippen molar-refractivity contribution >= 4 is 23.2 Å². The maximum absolute atomic E-state index is 11.1. The van der Waals surface area contributed by atoms with Gasteiger partial charge in [0, 0.05) is 23.6 Å². The van der Waals surface area contributed by atoms with E-state index in [1.807, 2.05) is 42.5 Å². The Morgan fingerprint density at radius 3 is 2.82 bits per heavy atom. The SMILES string of the molecule is CC(=O)Nc1ccc(Oc2ccc3c(c2)CCC(c2ccccc2Cl)O3)nc1. The third-order valence-corrected chi connectivity index (χ3v) is 4.85. The van der Waals surface area contributed by atoms with E-state index < -0.39 is 0 Å². The minimum absolute atomic E-state index is 0.0454. The van der Waals surface area contributed by atoms with E-state index in [4.69, 9.17) is 21.1 Å². The number of nitrogens with one attached hydrogen (secondary N) is 1. The predicted molar refractivity (Wildman–Crippen MR) is 108 cm³/mol. The third-order valence-electron chi connectivity index (χ3n) is 4.51. The summed E-state index contributed by atoms with van der Waals surface area (Å²) in [7, 11) is 0. The summed E-state index contributed by atoms with van der Waals surface area (Å²) in [5.74, 6) is 1.86. The molecule has 1 unspecified atom stereocenters. The van der Waals surface area contributed by atoms with Gasteiger partial charge in [-0.2, -0.15) is 0 Å². The Kier molecular flexibility index (Phi) is 5.17. The molecule has 1 aliphatic rings. The largest absolute Gasteiger partial charge is 0.485 e. The van der Waals surface area contributed by atoms with Crippen molar-refractivity contribution in [1.82, 2.24) is 4.98 Å². The van der Waals surface area contributed by atoms with Crippen LogP contribution < -0.4 is 14.8 Å². The molecule has 0 radical (unpaired) electrons. The molecule has 0 saturated carbocycles. The average molecular weight is 395 g/mol. The number of carbonyl (C=O) groups excluding carboxylic acids is 1. The molecule has 1 amide bonds. The van der Waals surface area contributed by atoms with Gasteiger partial charge < -0.3 is 14.8 Å². The summed E-state index contributed by atoms with van der Waals surface area (Å²) >= 11 is 6.31. The number of nitrogens with zero attached hydrogens (tertiary/aromatic N) is 1. The number of pyridine rings is 1. The zero-order chi connectivity index (χ0) is 19.5. The van der Waals surface area contributed by atoms with Gasteiger partial charge in [0.2, 0.25) is 11.8 Å². The van der Waals surface area contributed by atoms with Gasteiger partial charge in [0.15, 0.2) is 0 Å². The van der Waals surface area contributed by atoms with Gasteiger partial charge in [-0.3, -0.25) is 4.79 Å². The fourth-order valence-electron chi connectivity index (χ4n) is 3.22. The molecule has 3 aromatic rings. The Labute approximate surface area is 168 Å². The summed E-state index contributed by atoms with van der Waals surface area (Å²) in [6, 6.07) is 17.0. The molecule has 1 N–H and O–H groups in total. The maximum atomic E-state index is 11.1. The summed E-state index contributed by atoms with van der Waals surface area (Å²) in [6.45, 7) is 1.45. The second kappa shape index (κ2) is 7.90. The van der Waals surface area contributed by atoms with Crippen LogP contribution in [0.4, 0.5) is 5.69 Å². The Morgan fingerprint density at radius 2 is 2.07 bits per heavy atom. The van der Waals surface area contributed by atoms with Crippen LogP contribution in [-0.4, -0.2) is 10.9 Å². The zero-order valence-electron chi connectivity index (χ0n) is 15.3. The molecule has 5 nitrogen and oxygen atoms in total. The molecule has 0 fully saturated rings. The molecule has 2 aromatic carbocycles. The normalized spacial score (nSPS) is 15.3. The van der Waals surface area contributed by atoms with Crippen molar-refractivity contribution in [3.8, 4) is 17.4 Å². The van der Waals surface area contributed by atoms with Crippen LogP contribution in [-0.2, 0) is 11.2 Å². The smallest absolute Gasteiger partial charge is 0.221 e. The molecule has 2 heterocycles. The molecular weight excluding hydrogens is 376 g/mol. The van der Waals surface area contributed by atoms with Gasteiger partial charge in [-0.1, -0.05) is 29.8 Å². The van der Waals surface area contributed by atoms with Crippen molar-refractivity contribution in [2.75, 3.05) is 5.32 Å². The van der Waals surface area contributed by atoms with Crippen molar-refractivity contribution in [3.05, 3.63) is 76.9 Å². The van der Waals surface area contributed by atoms with E-state index in [1.54, 1.807) is 18.3 Å². The minimum Gasteiger partial charge on any atom is -0.485 e. The summed E-state index contributed by atoms with van der Waals surface area (Å²) in [5, 5.41) is 3.40. The molecule has 6 heteroatoms. The fourth-order valence-corrected chi connectivity index (χ4v) is 3.48. The van der Waals surface area contributed by atoms with Crippen LogP contribution in [0.15, 0.2) is 60.8 Å². The van der Waals surface area contributed by atoms with E-state index in [0.717, 1.165) is 34.7 Å². The van der Waals surface area contributed by atoms with Gasteiger partial charge in [0.05, 0.1) is 11.9 Å². The number of benzene rings is 2. The first-order valence-electron chi connectivity index (χ1n) is 9.04. The Balaban J connectivity index is 1.47. The van der Waals surface area contributed by atoms with Gasteiger partial charge in [-0.05, 0) is 48.7 Å². The highest BCUT2D eigenvalue weighted by Gasteiger charge is 2.23. The molecule has 0 bridgehead atoms. The minimum atomic E-state index is -0.139. The number of hydrogen-bond donors (Lipinski definition) is 1. The quantitative estimate of drug-likeness (QED) is 0.630. The zero-order valence-corrected chi connectivity index (χ0v) is 16.1. The molecule has 4 rings (SSSR count). The molecule has 0 aliphatic carbocycles. The van der Waals surface area contributed by atoms with E-state index in [9.17, 15) is 4.79 Å². The van der Waals surface area contributed by atoms with Crippen LogP contribution in [0.25, 0.3) is 0 Å². The Morgan fingerprint density at radius 1 is 1.21 bits per heavy atom. The lowest BCUT2D eigenvalue weighted by molar-refractivity contribution is -0.114. The molecule has 1 aliphatic heterocycles. The number of rotatable bonds is 4. The molecule has 1 aromatic heterocycles. The summed E-state index contributed by atoms with van der Waals surface area (Å²) in [4.78, 5) is 15.3. The second-order valence-corrected chi connectivity index (χ2v) is 7.01. The van der Waals surface area contributed by atoms with Gasteiger partial charge >= 0.3 is 0 Å². The number of aryl methyl sites for hydroxylation is 1. The summed E-state index contributed by atoms with van der Waals surface area (Å²) in [6.07, 6.45) is 3.24. The van der Waals surface area contributed by atoms with E-state index in [-0.39, 0.29) is 12.0 Å². The van der Waals surface area contributed by atoms with Crippen LogP contribution in [0.1, 0.15) is 30.6 Å². The standard InChI is InChI=1S/C22H19ClN2O3/c1-14(26)25-16-7-11-22(24-13-16)27-17-8-10-20-15(12-17)6-9-21(28-20)18-4-2-3-5-19(18)23/h2-5,7-8,10-13,21H,6,9H2,1H3,(H,25,26). The molecule has 1 atom stereocenters. The number of amides is 1. The first-order chi connectivity index (χ1) is 13.6. The maximum Gasteiger partial charge on any atom is 0.221 e. The van der Waals surface area contributed by atoms with Crippen molar-refractivity contribution in [2.24, 2.45) is 0 Å². The highest BCUT2D eigenvalue weighted by Crippen LogP contribution is 2.39. The molecular formula is C22H19ClN2O3. The van der Waals surface area contributed by atoms with Crippen molar-refractivity contribution < 1.29 is 14.3 Å². The van der Waals surface area contributed by atoms with E-state index >= 15 is 0 Å². The monoisotopic (exact) mass is 394 g/mol. The number of aromatic nitrogens is 1. The van der Waals surface area contributed by atoms with E-state index in [0.29, 0.717) is 17.3 Å². The predicted octanol–water partition coefficient (Wildman–Crippen LogP) is 5.55. The number of anilines is 1. The Bertz CT molecular complexity index is 1000. The van der Waals surface area contributed by atoms with Gasteiger partial charge in [-0.15, -0.1) is 0 Å². The van der Waals surface area contributed by atoms with E-state index in [2.05, 4.69) is 10.3 Å². The number of halogens is 1. The van der Waals surface area contributed by atoms with Crippen molar-refractivity contribution in [1.29, 1.82) is 0 Å². The van der Waals surface area contributed by atoms with Crippen LogP contribution >= 0.6 is 11.6 Å². The topological polar surface area (TPSA) is 60.5 Å². The highest BCUT2D eigenvalue weighted by atomic mass is 35.5. The molecule has 0 saturated heterocycles. The van der Waals surface area contributed by atoms with Crippen molar-refractivity contribution in [2.45, 2.75) is 25.9 Å². The number of fused-ring (bicyclic) bond motifs is 1. The highest BCUT2D eigenvalue weighted by molar-refractivity contribution is 6.31. The van der Waals surface area contributed by atoms with Gasteiger partial charge in [0.1, 0.15) is 17.6 Å². The fraction of sp³-hybridized carbons (Fsp3) is 0.182. The van der Waals surface area contributed by atoms with Crippen LogP contribution in [0.2, 0.25) is 5.02 Å². The van der Waals surface area contributed by atoms with Crippen LogP contribution in [0, 0.1) is 0 Å². The van der Waals surface area contributed by atoms with Crippen LogP contribution in [0.3, 0.4) is 0 Å². The molecule has 0 spiro atoms.